The lowest BCUT2D eigenvalue weighted by atomic mass is 10.1. The maximum atomic E-state index is 12.5. The summed E-state index contributed by atoms with van der Waals surface area (Å²) < 4.78 is 42.7. The van der Waals surface area contributed by atoms with Crippen molar-refractivity contribution in [2.45, 2.75) is 24.9 Å². The molecule has 1 fully saturated rings. The summed E-state index contributed by atoms with van der Waals surface area (Å²) in [4.78, 5) is 3.81. The van der Waals surface area contributed by atoms with E-state index < -0.39 is 11.7 Å². The maximum absolute atomic E-state index is 12.5. The van der Waals surface area contributed by atoms with Crippen molar-refractivity contribution in [1.82, 2.24) is 10.1 Å². The molecule has 0 spiro atoms. The van der Waals surface area contributed by atoms with Crippen LogP contribution in [0.2, 0.25) is 5.02 Å². The maximum Gasteiger partial charge on any atom is 0.417 e. The zero-order chi connectivity index (χ0) is 13.6. The standard InChI is InChI=1S/C12H8ClF3N2O/c13-9-3-7(12(14,15)16)4-17-10(9)8-5-18-19-11(8)6-1-2-6/h3-6H,1-2H2. The molecule has 2 aromatic heterocycles. The zero-order valence-corrected chi connectivity index (χ0v) is 10.3. The quantitative estimate of drug-likeness (QED) is 0.827. The van der Waals surface area contributed by atoms with Gasteiger partial charge in [-0.1, -0.05) is 16.8 Å². The monoisotopic (exact) mass is 288 g/mol. The van der Waals surface area contributed by atoms with Crippen LogP contribution in [0.25, 0.3) is 11.3 Å². The Morgan fingerprint density at radius 2 is 2.00 bits per heavy atom. The van der Waals surface area contributed by atoms with Crippen molar-refractivity contribution >= 4 is 11.6 Å². The first-order valence-electron chi connectivity index (χ1n) is 5.64. The highest BCUT2D eigenvalue weighted by molar-refractivity contribution is 6.33. The molecule has 2 aromatic rings. The number of halogens is 4. The van der Waals surface area contributed by atoms with Crippen LogP contribution in [0.1, 0.15) is 30.1 Å². The molecule has 0 bridgehead atoms. The summed E-state index contributed by atoms with van der Waals surface area (Å²) in [5, 5.41) is 3.62. The van der Waals surface area contributed by atoms with Gasteiger partial charge in [-0.25, -0.2) is 0 Å². The highest BCUT2D eigenvalue weighted by Crippen LogP contribution is 2.45. The first kappa shape index (κ1) is 12.5. The minimum absolute atomic E-state index is 0.0556. The average molecular weight is 289 g/mol. The van der Waals surface area contributed by atoms with E-state index in [-0.39, 0.29) is 16.6 Å². The summed E-state index contributed by atoms with van der Waals surface area (Å²) in [5.41, 5.74) is -0.0234. The van der Waals surface area contributed by atoms with Crippen molar-refractivity contribution in [2.75, 3.05) is 0 Å². The molecule has 2 heterocycles. The summed E-state index contributed by atoms with van der Waals surface area (Å²) in [6, 6.07) is 0.869. The van der Waals surface area contributed by atoms with Crippen LogP contribution in [0.15, 0.2) is 23.0 Å². The predicted octanol–water partition coefficient (Wildman–Crippen LogP) is 4.29. The number of alkyl halides is 3. The second kappa shape index (κ2) is 4.23. The van der Waals surface area contributed by atoms with E-state index in [1.54, 1.807) is 0 Å². The molecule has 7 heteroatoms. The lowest BCUT2D eigenvalue weighted by Gasteiger charge is -2.08. The van der Waals surface area contributed by atoms with Crippen LogP contribution >= 0.6 is 11.6 Å². The summed E-state index contributed by atoms with van der Waals surface area (Å²) in [5.74, 6) is 0.923. The third-order valence-corrected chi connectivity index (χ3v) is 3.26. The van der Waals surface area contributed by atoms with Crippen LogP contribution < -0.4 is 0 Å². The van der Waals surface area contributed by atoms with E-state index in [0.29, 0.717) is 11.3 Å². The van der Waals surface area contributed by atoms with Crippen molar-refractivity contribution in [3.63, 3.8) is 0 Å². The molecule has 3 rings (SSSR count). The number of rotatable bonds is 2. The van der Waals surface area contributed by atoms with Gasteiger partial charge in [0.1, 0.15) is 5.76 Å². The molecule has 19 heavy (non-hydrogen) atoms. The van der Waals surface area contributed by atoms with E-state index in [1.165, 1.54) is 6.20 Å². The van der Waals surface area contributed by atoms with Crippen LogP contribution in [0, 0.1) is 0 Å². The largest absolute Gasteiger partial charge is 0.417 e. The molecule has 1 aliphatic carbocycles. The number of pyridine rings is 1. The minimum Gasteiger partial charge on any atom is -0.360 e. The number of aromatic nitrogens is 2. The molecule has 0 atom stereocenters. The highest BCUT2D eigenvalue weighted by atomic mass is 35.5. The first-order valence-corrected chi connectivity index (χ1v) is 6.02. The predicted molar refractivity (Wildman–Crippen MR) is 61.7 cm³/mol. The number of hydrogen-bond donors (Lipinski definition) is 0. The molecule has 0 aliphatic heterocycles. The molecular formula is C12H8ClF3N2O. The molecule has 3 nitrogen and oxygen atoms in total. The van der Waals surface area contributed by atoms with Crippen molar-refractivity contribution in [3.8, 4) is 11.3 Å². The van der Waals surface area contributed by atoms with Crippen LogP contribution in [0.3, 0.4) is 0 Å². The molecule has 100 valence electrons. The van der Waals surface area contributed by atoms with E-state index >= 15 is 0 Å². The van der Waals surface area contributed by atoms with Gasteiger partial charge in [0.2, 0.25) is 0 Å². The lowest BCUT2D eigenvalue weighted by Crippen LogP contribution is -2.05. The second-order valence-electron chi connectivity index (χ2n) is 4.43. The third-order valence-electron chi connectivity index (χ3n) is 2.97. The Balaban J connectivity index is 2.03. The van der Waals surface area contributed by atoms with Gasteiger partial charge in [-0.15, -0.1) is 0 Å². The van der Waals surface area contributed by atoms with Crippen LogP contribution in [-0.2, 0) is 6.18 Å². The fourth-order valence-electron chi connectivity index (χ4n) is 1.86. The van der Waals surface area contributed by atoms with Gasteiger partial charge in [-0.2, -0.15) is 13.2 Å². The van der Waals surface area contributed by atoms with Crippen molar-refractivity contribution < 1.29 is 17.7 Å². The van der Waals surface area contributed by atoms with Gasteiger partial charge < -0.3 is 4.52 Å². The van der Waals surface area contributed by atoms with Gasteiger partial charge in [0.05, 0.1) is 28.0 Å². The van der Waals surface area contributed by atoms with E-state index in [1.807, 2.05) is 0 Å². The zero-order valence-electron chi connectivity index (χ0n) is 9.54. The van der Waals surface area contributed by atoms with Gasteiger partial charge in [0.15, 0.2) is 0 Å². The summed E-state index contributed by atoms with van der Waals surface area (Å²) in [6.45, 7) is 0. The summed E-state index contributed by atoms with van der Waals surface area (Å²) in [7, 11) is 0. The van der Waals surface area contributed by atoms with E-state index in [0.717, 1.165) is 25.1 Å². The first-order chi connectivity index (χ1) is 8.97. The molecule has 0 aromatic carbocycles. The molecule has 1 saturated carbocycles. The van der Waals surface area contributed by atoms with Crippen molar-refractivity contribution in [1.29, 1.82) is 0 Å². The second-order valence-corrected chi connectivity index (χ2v) is 4.84. The van der Waals surface area contributed by atoms with Crippen LogP contribution in [0.4, 0.5) is 13.2 Å². The van der Waals surface area contributed by atoms with Gasteiger partial charge in [0, 0.05) is 12.1 Å². The van der Waals surface area contributed by atoms with Gasteiger partial charge >= 0.3 is 6.18 Å². The van der Waals surface area contributed by atoms with E-state index in [4.69, 9.17) is 16.1 Å². The number of nitrogens with zero attached hydrogens (tertiary/aromatic N) is 2. The molecule has 0 saturated heterocycles. The highest BCUT2D eigenvalue weighted by Gasteiger charge is 2.34. The lowest BCUT2D eigenvalue weighted by molar-refractivity contribution is -0.137. The van der Waals surface area contributed by atoms with Gasteiger partial charge in [-0.3, -0.25) is 4.98 Å². The smallest absolute Gasteiger partial charge is 0.360 e. The topological polar surface area (TPSA) is 38.9 Å². The Morgan fingerprint density at radius 3 is 2.58 bits per heavy atom. The Hall–Kier alpha value is -1.56. The van der Waals surface area contributed by atoms with Gasteiger partial charge in [0.25, 0.3) is 0 Å². The van der Waals surface area contributed by atoms with Gasteiger partial charge in [-0.05, 0) is 18.9 Å². The Morgan fingerprint density at radius 1 is 1.26 bits per heavy atom. The Bertz CT molecular complexity index is 620. The van der Waals surface area contributed by atoms with E-state index in [2.05, 4.69) is 10.1 Å². The Labute approximate surface area is 111 Å². The number of hydrogen-bond acceptors (Lipinski definition) is 3. The van der Waals surface area contributed by atoms with Crippen LogP contribution in [0.5, 0.6) is 0 Å². The van der Waals surface area contributed by atoms with Crippen molar-refractivity contribution in [2.24, 2.45) is 0 Å². The summed E-state index contributed by atoms with van der Waals surface area (Å²) in [6.07, 6.45) is -0.274. The molecule has 0 radical (unpaired) electrons. The molecule has 0 amide bonds. The normalized spacial score (nSPS) is 15.8. The third kappa shape index (κ3) is 2.32. The van der Waals surface area contributed by atoms with Crippen LogP contribution in [-0.4, -0.2) is 10.1 Å². The fourth-order valence-corrected chi connectivity index (χ4v) is 2.13. The Kier molecular flexibility index (Phi) is 2.78. The van der Waals surface area contributed by atoms with Crippen molar-refractivity contribution in [3.05, 3.63) is 34.8 Å². The fraction of sp³-hybridized carbons (Fsp3) is 0.333. The molecule has 0 N–H and O–H groups in total. The average Bonchev–Trinajstić information content (AvgIpc) is 3.07. The minimum atomic E-state index is -4.46. The molecule has 0 unspecified atom stereocenters. The summed E-state index contributed by atoms with van der Waals surface area (Å²) >= 11 is 5.89. The SMILES string of the molecule is FC(F)(F)c1cnc(-c2cnoc2C2CC2)c(Cl)c1. The molecular weight excluding hydrogens is 281 g/mol. The van der Waals surface area contributed by atoms with E-state index in [9.17, 15) is 13.2 Å². The molecule has 1 aliphatic rings.